The third-order valence-electron chi connectivity index (χ3n) is 4.05. The number of amides is 1. The lowest BCUT2D eigenvalue weighted by molar-refractivity contribution is -0.131. The molecule has 1 aliphatic rings. The van der Waals surface area contributed by atoms with Crippen LogP contribution in [0.5, 0.6) is 0 Å². The molecule has 1 aromatic carbocycles. The number of fused-ring (bicyclic) bond motifs is 1. The smallest absolute Gasteiger partial charge is 0.261 e. The van der Waals surface area contributed by atoms with Crippen molar-refractivity contribution in [2.45, 2.75) is 19.4 Å². The molecule has 1 amide bonds. The van der Waals surface area contributed by atoms with Crippen molar-refractivity contribution >= 4 is 32.7 Å². The molecular formula is C16H19BrN4O2. The molecule has 7 heteroatoms. The molecule has 1 saturated heterocycles. The van der Waals surface area contributed by atoms with E-state index < -0.39 is 0 Å². The van der Waals surface area contributed by atoms with Crippen LogP contribution in [0.4, 0.5) is 0 Å². The van der Waals surface area contributed by atoms with Crippen molar-refractivity contribution in [3.05, 3.63) is 39.4 Å². The Kier molecular flexibility index (Phi) is 5.07. The minimum absolute atomic E-state index is 0.0925. The van der Waals surface area contributed by atoms with Crippen LogP contribution in [0.3, 0.4) is 0 Å². The normalized spacial score (nSPS) is 15.6. The van der Waals surface area contributed by atoms with Gasteiger partial charge < -0.3 is 10.2 Å². The average Bonchev–Trinajstić information content (AvgIpc) is 2.84. The van der Waals surface area contributed by atoms with Crippen LogP contribution in [0.1, 0.15) is 12.8 Å². The zero-order valence-electron chi connectivity index (χ0n) is 12.8. The predicted octanol–water partition coefficient (Wildman–Crippen LogP) is 1.37. The first-order valence-corrected chi connectivity index (χ1v) is 8.57. The van der Waals surface area contributed by atoms with Gasteiger partial charge in [-0.15, -0.1) is 0 Å². The lowest BCUT2D eigenvalue weighted by Gasteiger charge is -2.20. The van der Waals surface area contributed by atoms with Gasteiger partial charge in [-0.1, -0.05) is 15.9 Å². The number of aryl methyl sites for hydroxylation is 1. The highest BCUT2D eigenvalue weighted by atomic mass is 79.9. The van der Waals surface area contributed by atoms with Gasteiger partial charge in [0, 0.05) is 37.1 Å². The molecule has 0 radical (unpaired) electrons. The van der Waals surface area contributed by atoms with Crippen LogP contribution in [0, 0.1) is 0 Å². The minimum Gasteiger partial charge on any atom is -0.341 e. The molecule has 1 N–H and O–H groups in total. The highest BCUT2D eigenvalue weighted by Crippen LogP contribution is 2.14. The van der Waals surface area contributed by atoms with Crippen LogP contribution in [0.25, 0.3) is 10.9 Å². The third-order valence-corrected chi connectivity index (χ3v) is 4.54. The molecule has 1 aliphatic heterocycles. The van der Waals surface area contributed by atoms with E-state index in [2.05, 4.69) is 26.2 Å². The maximum Gasteiger partial charge on any atom is 0.261 e. The van der Waals surface area contributed by atoms with Crippen molar-refractivity contribution in [3.8, 4) is 0 Å². The van der Waals surface area contributed by atoms with Gasteiger partial charge in [-0.05, 0) is 31.2 Å². The first-order chi connectivity index (χ1) is 11.1. The zero-order chi connectivity index (χ0) is 16.2. The van der Waals surface area contributed by atoms with Crippen molar-refractivity contribution in [3.63, 3.8) is 0 Å². The first kappa shape index (κ1) is 16.1. The van der Waals surface area contributed by atoms with Crippen LogP contribution in [-0.2, 0) is 11.3 Å². The maximum atomic E-state index is 12.5. The summed E-state index contributed by atoms with van der Waals surface area (Å²) in [5.41, 5.74) is 0.556. The summed E-state index contributed by atoms with van der Waals surface area (Å²) < 4.78 is 2.36. The molecule has 2 heterocycles. The van der Waals surface area contributed by atoms with E-state index in [1.807, 2.05) is 11.0 Å². The number of nitrogens with one attached hydrogen (secondary N) is 1. The van der Waals surface area contributed by atoms with Crippen molar-refractivity contribution in [2.24, 2.45) is 0 Å². The topological polar surface area (TPSA) is 67.2 Å². The predicted molar refractivity (Wildman–Crippen MR) is 92.4 cm³/mol. The van der Waals surface area contributed by atoms with E-state index in [0.717, 1.165) is 37.1 Å². The number of hydrogen-bond acceptors (Lipinski definition) is 4. The van der Waals surface area contributed by atoms with Crippen LogP contribution < -0.4 is 10.9 Å². The summed E-state index contributed by atoms with van der Waals surface area (Å²) in [7, 11) is 0. The molecule has 3 rings (SSSR count). The van der Waals surface area contributed by atoms with Crippen molar-refractivity contribution in [1.29, 1.82) is 0 Å². The van der Waals surface area contributed by atoms with Crippen LogP contribution in [-0.4, -0.2) is 46.5 Å². The van der Waals surface area contributed by atoms with E-state index in [4.69, 9.17) is 0 Å². The van der Waals surface area contributed by atoms with Gasteiger partial charge in [-0.2, -0.15) is 0 Å². The van der Waals surface area contributed by atoms with Crippen molar-refractivity contribution in [1.82, 2.24) is 19.8 Å². The second-order valence-corrected chi connectivity index (χ2v) is 6.55. The van der Waals surface area contributed by atoms with Crippen LogP contribution in [0.15, 0.2) is 33.8 Å². The van der Waals surface area contributed by atoms with E-state index in [1.165, 1.54) is 10.9 Å². The minimum atomic E-state index is -0.110. The summed E-state index contributed by atoms with van der Waals surface area (Å²) in [4.78, 5) is 31.0. The highest BCUT2D eigenvalue weighted by Gasteiger charge is 2.15. The molecule has 1 aromatic heterocycles. The molecule has 0 bridgehead atoms. The molecule has 0 spiro atoms. The van der Waals surface area contributed by atoms with Gasteiger partial charge in [0.05, 0.1) is 17.2 Å². The second kappa shape index (κ2) is 7.23. The summed E-state index contributed by atoms with van der Waals surface area (Å²) in [6.45, 7) is 3.65. The molecule has 2 aromatic rings. The number of carbonyl (C=O) groups is 1. The number of nitrogens with zero attached hydrogens (tertiary/aromatic N) is 3. The van der Waals surface area contributed by atoms with E-state index >= 15 is 0 Å². The van der Waals surface area contributed by atoms with E-state index in [-0.39, 0.29) is 11.5 Å². The van der Waals surface area contributed by atoms with Gasteiger partial charge in [-0.25, -0.2) is 4.98 Å². The number of aromatic nitrogens is 2. The number of halogens is 1. The fraction of sp³-hybridized carbons (Fsp3) is 0.438. The fourth-order valence-electron chi connectivity index (χ4n) is 2.76. The molecule has 23 heavy (non-hydrogen) atoms. The Morgan fingerprint density at radius 1 is 1.30 bits per heavy atom. The summed E-state index contributed by atoms with van der Waals surface area (Å²) in [5.74, 6) is 0.0925. The quantitative estimate of drug-likeness (QED) is 0.875. The number of hydrogen-bond donors (Lipinski definition) is 1. The maximum absolute atomic E-state index is 12.5. The highest BCUT2D eigenvalue weighted by molar-refractivity contribution is 9.10. The number of benzene rings is 1. The van der Waals surface area contributed by atoms with Gasteiger partial charge in [0.1, 0.15) is 0 Å². The molecule has 6 nitrogen and oxygen atoms in total. The average molecular weight is 379 g/mol. The molecule has 122 valence electrons. The van der Waals surface area contributed by atoms with Crippen LogP contribution in [0.2, 0.25) is 0 Å². The largest absolute Gasteiger partial charge is 0.341 e. The van der Waals surface area contributed by atoms with Gasteiger partial charge >= 0.3 is 0 Å². The lowest BCUT2D eigenvalue weighted by Crippen LogP contribution is -2.35. The molecular weight excluding hydrogens is 360 g/mol. The third kappa shape index (κ3) is 3.79. The number of carbonyl (C=O) groups excluding carboxylic acids is 1. The van der Waals surface area contributed by atoms with E-state index in [1.54, 1.807) is 12.1 Å². The summed E-state index contributed by atoms with van der Waals surface area (Å²) >= 11 is 3.37. The Hall–Kier alpha value is -1.73. The Bertz CT molecular complexity index is 766. The molecule has 0 aliphatic carbocycles. The molecule has 0 unspecified atom stereocenters. The summed E-state index contributed by atoms with van der Waals surface area (Å²) in [5, 5.41) is 3.84. The van der Waals surface area contributed by atoms with Crippen molar-refractivity contribution < 1.29 is 4.79 Å². The lowest BCUT2D eigenvalue weighted by atomic mass is 10.2. The zero-order valence-corrected chi connectivity index (χ0v) is 14.4. The monoisotopic (exact) mass is 378 g/mol. The Labute approximate surface area is 142 Å². The molecule has 0 saturated carbocycles. The van der Waals surface area contributed by atoms with Crippen LogP contribution >= 0.6 is 15.9 Å². The first-order valence-electron chi connectivity index (χ1n) is 7.78. The summed E-state index contributed by atoms with van der Waals surface area (Å²) in [6.07, 6.45) is 2.81. The van der Waals surface area contributed by atoms with Gasteiger partial charge in [0.25, 0.3) is 5.56 Å². The standard InChI is InChI=1S/C16H19BrN4O2/c17-12-2-3-14-13(10-12)16(23)21(11-19-14)8-4-15(22)20-7-1-5-18-6-9-20/h2-3,10-11,18H,1,4-9H2. The summed E-state index contributed by atoms with van der Waals surface area (Å²) in [6, 6.07) is 5.43. The molecule has 1 fully saturated rings. The van der Waals surface area contributed by atoms with Gasteiger partial charge in [0.2, 0.25) is 5.91 Å². The SMILES string of the molecule is O=C(CCn1cnc2ccc(Br)cc2c1=O)N1CCCNCC1. The fourth-order valence-corrected chi connectivity index (χ4v) is 3.12. The van der Waals surface area contributed by atoms with E-state index in [9.17, 15) is 9.59 Å². The molecule has 0 atom stereocenters. The number of rotatable bonds is 3. The van der Waals surface area contributed by atoms with E-state index in [0.29, 0.717) is 23.9 Å². The van der Waals surface area contributed by atoms with Gasteiger partial charge in [0.15, 0.2) is 0 Å². The Morgan fingerprint density at radius 3 is 3.04 bits per heavy atom. The van der Waals surface area contributed by atoms with Crippen molar-refractivity contribution in [2.75, 3.05) is 26.2 Å². The van der Waals surface area contributed by atoms with Gasteiger partial charge in [-0.3, -0.25) is 14.2 Å². The Morgan fingerprint density at radius 2 is 2.17 bits per heavy atom. The second-order valence-electron chi connectivity index (χ2n) is 5.64. The Balaban J connectivity index is 1.72.